The lowest BCUT2D eigenvalue weighted by molar-refractivity contribution is -0.385. The summed E-state index contributed by atoms with van der Waals surface area (Å²) >= 11 is 0. The van der Waals surface area contributed by atoms with E-state index in [0.29, 0.717) is 17.1 Å². The summed E-state index contributed by atoms with van der Waals surface area (Å²) in [4.78, 5) is 10.2. The molecule has 0 spiro atoms. The number of anilines is 2. The largest absolute Gasteiger partial charge is 0.497 e. The van der Waals surface area contributed by atoms with Gasteiger partial charge < -0.3 is 9.47 Å². The van der Waals surface area contributed by atoms with E-state index in [1.54, 1.807) is 42.5 Å². The minimum absolute atomic E-state index is 0.0529. The Balaban J connectivity index is 1.95. The van der Waals surface area contributed by atoms with Gasteiger partial charge in [-0.1, -0.05) is 24.3 Å². The van der Waals surface area contributed by atoms with Gasteiger partial charge in [0.05, 0.1) is 36.7 Å². The molecule has 0 amide bonds. The van der Waals surface area contributed by atoms with E-state index in [-0.39, 0.29) is 22.0 Å². The zero-order chi connectivity index (χ0) is 23.1. The Morgan fingerprint density at radius 2 is 1.75 bits per heavy atom. The molecule has 3 rings (SSSR count). The van der Waals surface area contributed by atoms with Crippen LogP contribution in [0.4, 0.5) is 17.1 Å². The van der Waals surface area contributed by atoms with Crippen molar-refractivity contribution in [1.82, 2.24) is 0 Å². The quantitative estimate of drug-likeness (QED) is 0.284. The maximum absolute atomic E-state index is 13.1. The van der Waals surface area contributed by atoms with Gasteiger partial charge >= 0.3 is 0 Å². The minimum Gasteiger partial charge on any atom is -0.497 e. The number of benzene rings is 3. The summed E-state index contributed by atoms with van der Waals surface area (Å²) in [5.74, 6) is 0.931. The highest BCUT2D eigenvalue weighted by molar-refractivity contribution is 7.93. The zero-order valence-corrected chi connectivity index (χ0v) is 18.0. The van der Waals surface area contributed by atoms with Gasteiger partial charge in [-0.15, -0.1) is 0 Å². The van der Waals surface area contributed by atoms with Crippen LogP contribution in [0.25, 0.3) is 0 Å². The van der Waals surface area contributed by atoms with E-state index < -0.39 is 14.9 Å². The Kier molecular flexibility index (Phi) is 6.90. The topological polar surface area (TPSA) is 132 Å². The fraction of sp³-hybridized carbons (Fsp3) is 0.0952. The number of para-hydroxylation sites is 2. The molecular weight excluding hydrogens is 436 g/mol. The van der Waals surface area contributed by atoms with Crippen molar-refractivity contribution >= 4 is 33.3 Å². The number of ether oxygens (including phenoxy) is 2. The number of nitrogens with one attached hydrogen (secondary N) is 2. The fourth-order valence-corrected chi connectivity index (χ4v) is 4.01. The Morgan fingerprint density at radius 1 is 0.969 bits per heavy atom. The molecule has 0 heterocycles. The van der Waals surface area contributed by atoms with Gasteiger partial charge in [0, 0.05) is 12.1 Å². The van der Waals surface area contributed by atoms with Crippen molar-refractivity contribution < 1.29 is 22.8 Å². The van der Waals surface area contributed by atoms with Gasteiger partial charge in [-0.3, -0.25) is 20.3 Å². The molecule has 0 bridgehead atoms. The van der Waals surface area contributed by atoms with Crippen LogP contribution in [0.15, 0.2) is 76.7 Å². The molecule has 0 saturated carbocycles. The van der Waals surface area contributed by atoms with E-state index in [9.17, 15) is 18.5 Å². The number of hydrogen-bond donors (Lipinski definition) is 2. The van der Waals surface area contributed by atoms with Gasteiger partial charge in [-0.05, 0) is 35.9 Å². The van der Waals surface area contributed by atoms with Crippen LogP contribution in [0.5, 0.6) is 11.5 Å². The second-order valence-electron chi connectivity index (χ2n) is 6.39. The van der Waals surface area contributed by atoms with Crippen molar-refractivity contribution in [3.8, 4) is 11.5 Å². The summed E-state index contributed by atoms with van der Waals surface area (Å²) in [5, 5.41) is 15.3. The first-order chi connectivity index (χ1) is 15.3. The van der Waals surface area contributed by atoms with Crippen LogP contribution in [0.1, 0.15) is 5.56 Å². The monoisotopic (exact) mass is 456 g/mol. The van der Waals surface area contributed by atoms with E-state index in [1.165, 1.54) is 38.6 Å². The van der Waals surface area contributed by atoms with Gasteiger partial charge in [0.2, 0.25) is 0 Å². The molecule has 11 heteroatoms. The van der Waals surface area contributed by atoms with Gasteiger partial charge in [0.1, 0.15) is 16.4 Å². The van der Waals surface area contributed by atoms with Crippen LogP contribution in [0, 0.1) is 10.1 Å². The maximum Gasteiger partial charge on any atom is 0.270 e. The van der Waals surface area contributed by atoms with Gasteiger partial charge in [0.15, 0.2) is 0 Å². The number of nitro groups is 1. The van der Waals surface area contributed by atoms with Crippen LogP contribution in [0.2, 0.25) is 0 Å². The van der Waals surface area contributed by atoms with Gasteiger partial charge in [-0.25, -0.2) is 8.42 Å². The highest BCUT2D eigenvalue weighted by Crippen LogP contribution is 2.31. The van der Waals surface area contributed by atoms with Crippen molar-refractivity contribution in [1.29, 1.82) is 0 Å². The summed E-state index contributed by atoms with van der Waals surface area (Å²) in [6, 6.07) is 16.9. The molecule has 3 aromatic rings. The molecule has 3 aromatic carbocycles. The van der Waals surface area contributed by atoms with E-state index in [2.05, 4.69) is 15.2 Å². The lowest BCUT2D eigenvalue weighted by atomic mass is 10.2. The standard InChI is InChI=1S/C21H20N4O6S/c1-30-17-7-5-6-15(12-17)14-22-23-19-11-10-16(25(26)27)13-21(19)32(28,29)24-18-8-3-4-9-20(18)31-2/h3-14,23-24H,1-2H3/b22-14-. The first-order valence-electron chi connectivity index (χ1n) is 9.21. The van der Waals surface area contributed by atoms with E-state index in [0.717, 1.165) is 6.07 Å². The molecule has 0 atom stereocenters. The van der Waals surface area contributed by atoms with Crippen LogP contribution in [0.3, 0.4) is 0 Å². The van der Waals surface area contributed by atoms with Crippen molar-refractivity contribution in [3.63, 3.8) is 0 Å². The Bertz CT molecular complexity index is 1260. The first kappa shape index (κ1) is 22.6. The molecule has 0 aliphatic rings. The van der Waals surface area contributed by atoms with E-state index >= 15 is 0 Å². The fourth-order valence-electron chi connectivity index (χ4n) is 2.77. The molecule has 166 valence electrons. The molecule has 10 nitrogen and oxygen atoms in total. The van der Waals surface area contributed by atoms with Crippen molar-refractivity contribution in [2.45, 2.75) is 4.90 Å². The minimum atomic E-state index is -4.23. The average Bonchev–Trinajstić information content (AvgIpc) is 2.79. The SMILES string of the molecule is COc1cccc(/C=N\Nc2ccc([N+](=O)[O-])cc2S(=O)(=O)Nc2ccccc2OC)c1. The molecule has 0 fully saturated rings. The lowest BCUT2D eigenvalue weighted by Crippen LogP contribution is -2.15. The lowest BCUT2D eigenvalue weighted by Gasteiger charge is -2.14. The summed E-state index contributed by atoms with van der Waals surface area (Å²) in [5.41, 5.74) is 3.20. The number of sulfonamides is 1. The smallest absolute Gasteiger partial charge is 0.270 e. The molecular formula is C21H20N4O6S. The van der Waals surface area contributed by atoms with Crippen LogP contribution in [-0.2, 0) is 10.0 Å². The van der Waals surface area contributed by atoms with Crippen molar-refractivity contribution in [3.05, 3.63) is 82.4 Å². The normalized spacial score (nSPS) is 11.2. The predicted molar refractivity (Wildman–Crippen MR) is 121 cm³/mol. The number of rotatable bonds is 9. The molecule has 0 radical (unpaired) electrons. The van der Waals surface area contributed by atoms with Crippen LogP contribution in [-0.4, -0.2) is 33.8 Å². The summed E-state index contributed by atoms with van der Waals surface area (Å²) in [6.07, 6.45) is 1.47. The molecule has 0 unspecified atom stereocenters. The van der Waals surface area contributed by atoms with E-state index in [4.69, 9.17) is 9.47 Å². The summed E-state index contributed by atoms with van der Waals surface area (Å²) < 4.78 is 38.9. The van der Waals surface area contributed by atoms with Crippen molar-refractivity contribution in [2.75, 3.05) is 24.4 Å². The first-order valence-corrected chi connectivity index (χ1v) is 10.7. The molecule has 32 heavy (non-hydrogen) atoms. The number of non-ortho nitro benzene ring substituents is 1. The molecule has 2 N–H and O–H groups in total. The van der Waals surface area contributed by atoms with Gasteiger partial charge in [0.25, 0.3) is 15.7 Å². The summed E-state index contributed by atoms with van der Waals surface area (Å²) in [6.45, 7) is 0. The molecule has 0 aliphatic carbocycles. The third-order valence-corrected chi connectivity index (χ3v) is 5.71. The molecule has 0 saturated heterocycles. The number of nitrogens with zero attached hydrogens (tertiary/aromatic N) is 2. The van der Waals surface area contributed by atoms with Crippen molar-refractivity contribution in [2.24, 2.45) is 5.10 Å². The highest BCUT2D eigenvalue weighted by Gasteiger charge is 2.23. The van der Waals surface area contributed by atoms with Gasteiger partial charge in [-0.2, -0.15) is 5.10 Å². The Hall–Kier alpha value is -4.12. The third-order valence-electron chi connectivity index (χ3n) is 4.31. The number of hydrazone groups is 1. The zero-order valence-electron chi connectivity index (χ0n) is 17.2. The maximum atomic E-state index is 13.1. The predicted octanol–water partition coefficient (Wildman–Crippen LogP) is 3.86. The molecule has 0 aliphatic heterocycles. The Labute approximate surface area is 184 Å². The van der Waals surface area contributed by atoms with Crippen LogP contribution >= 0.6 is 0 Å². The third kappa shape index (κ3) is 5.32. The second kappa shape index (κ2) is 9.79. The highest BCUT2D eigenvalue weighted by atomic mass is 32.2. The molecule has 0 aromatic heterocycles. The number of hydrogen-bond acceptors (Lipinski definition) is 8. The number of nitro benzene ring substituents is 1. The number of methoxy groups -OCH3 is 2. The second-order valence-corrected chi connectivity index (χ2v) is 8.04. The van der Waals surface area contributed by atoms with E-state index in [1.807, 2.05) is 0 Å². The summed E-state index contributed by atoms with van der Waals surface area (Å²) in [7, 11) is -1.29. The Morgan fingerprint density at radius 3 is 2.47 bits per heavy atom. The van der Waals surface area contributed by atoms with Crippen LogP contribution < -0.4 is 19.6 Å². The average molecular weight is 456 g/mol.